The molecule has 37 heavy (non-hydrogen) atoms. The van der Waals surface area contributed by atoms with Crippen molar-refractivity contribution in [3.8, 4) is 0 Å². The highest BCUT2D eigenvalue weighted by Crippen LogP contribution is 2.47. The van der Waals surface area contributed by atoms with Crippen LogP contribution in [-0.2, 0) is 26.8 Å². The number of hydrogen-bond acceptors (Lipinski definition) is 7. The molecule has 0 unspecified atom stereocenters. The van der Waals surface area contributed by atoms with Crippen molar-refractivity contribution in [1.82, 2.24) is 9.55 Å². The fourth-order valence-corrected chi connectivity index (χ4v) is 5.97. The van der Waals surface area contributed by atoms with Crippen molar-refractivity contribution in [2.75, 3.05) is 6.61 Å². The number of ether oxygens (including phenoxy) is 1. The van der Waals surface area contributed by atoms with Crippen LogP contribution in [0.2, 0.25) is 0 Å². The minimum atomic E-state index is -4.19. The maximum Gasteiger partial charge on any atom is 0.330 e. The van der Waals surface area contributed by atoms with Crippen molar-refractivity contribution in [3.63, 3.8) is 0 Å². The van der Waals surface area contributed by atoms with E-state index in [2.05, 4.69) is 23.7 Å². The number of rotatable bonds is 19. The lowest BCUT2D eigenvalue weighted by Gasteiger charge is -2.34. The van der Waals surface area contributed by atoms with Crippen molar-refractivity contribution < 1.29 is 29.3 Å². The van der Waals surface area contributed by atoms with Gasteiger partial charge in [-0.05, 0) is 24.6 Å². The van der Waals surface area contributed by atoms with E-state index in [1.165, 1.54) is 70.4 Å². The van der Waals surface area contributed by atoms with Crippen molar-refractivity contribution in [2.45, 2.75) is 127 Å². The fourth-order valence-electron chi connectivity index (χ4n) is 5.10. The number of H-pyrrole nitrogens is 1. The first-order valence-electron chi connectivity index (χ1n) is 13.7. The standard InChI is InChI=1S/C25H45N2O8PS/c1-2-3-4-5-6-7-8-9-10-11-12-13-14-15-17-25(27-18-16-21(29)26-24(27)31)23(30)22(20(19-28)34-25)35-36(32,33)37/h16,18,20,22-23,28,30H,2-15,17,19H2,1H3,(H,26,29,31)(H2,32,33,37)/t20-,22-,23-,25-/m1/s1. The van der Waals surface area contributed by atoms with Crippen LogP contribution in [0.15, 0.2) is 21.9 Å². The third-order valence-electron chi connectivity index (χ3n) is 7.05. The van der Waals surface area contributed by atoms with E-state index in [-0.39, 0.29) is 6.42 Å². The molecule has 0 aromatic carbocycles. The number of hydrogen-bond donors (Lipinski definition) is 5. The molecule has 0 bridgehead atoms. The summed E-state index contributed by atoms with van der Waals surface area (Å²) in [4.78, 5) is 45.7. The monoisotopic (exact) mass is 564 g/mol. The zero-order valence-electron chi connectivity index (χ0n) is 21.9. The molecule has 0 aliphatic carbocycles. The smallest absolute Gasteiger partial charge is 0.330 e. The Hall–Kier alpha value is -0.910. The third-order valence-corrected chi connectivity index (χ3v) is 7.83. The molecule has 5 N–H and O–H groups in total. The van der Waals surface area contributed by atoms with Crippen molar-refractivity contribution in [2.24, 2.45) is 0 Å². The lowest BCUT2D eigenvalue weighted by atomic mass is 9.95. The molecule has 2 rings (SSSR count). The Labute approximate surface area is 224 Å². The van der Waals surface area contributed by atoms with Crippen LogP contribution >= 0.6 is 6.72 Å². The van der Waals surface area contributed by atoms with Gasteiger partial charge in [0.25, 0.3) is 5.56 Å². The van der Waals surface area contributed by atoms with Gasteiger partial charge in [0.1, 0.15) is 18.3 Å². The molecular weight excluding hydrogens is 519 g/mol. The maximum absolute atomic E-state index is 12.6. The second-order valence-electron chi connectivity index (χ2n) is 10.0. The van der Waals surface area contributed by atoms with Crippen LogP contribution < -0.4 is 11.2 Å². The first-order chi connectivity index (χ1) is 17.6. The highest BCUT2D eigenvalue weighted by molar-refractivity contribution is 8.06. The van der Waals surface area contributed by atoms with Gasteiger partial charge in [-0.2, -0.15) is 0 Å². The number of aliphatic hydroxyl groups is 2. The van der Waals surface area contributed by atoms with Crippen LogP contribution in [0.5, 0.6) is 0 Å². The van der Waals surface area contributed by atoms with Crippen LogP contribution in [0.3, 0.4) is 0 Å². The normalized spacial score (nSPS) is 24.1. The molecule has 1 aromatic rings. The van der Waals surface area contributed by atoms with E-state index < -0.39 is 48.6 Å². The summed E-state index contributed by atoms with van der Waals surface area (Å²) < 4.78 is 12.1. The summed E-state index contributed by atoms with van der Waals surface area (Å²) in [5, 5.41) is 20.9. The summed E-state index contributed by atoms with van der Waals surface area (Å²) in [6, 6.07) is 1.13. The van der Waals surface area contributed by atoms with Gasteiger partial charge in [0.05, 0.1) is 6.61 Å². The van der Waals surface area contributed by atoms with Gasteiger partial charge < -0.3 is 24.7 Å². The molecule has 0 spiro atoms. The second kappa shape index (κ2) is 16.3. The average molecular weight is 565 g/mol. The zero-order valence-corrected chi connectivity index (χ0v) is 23.6. The Morgan fingerprint density at radius 1 is 1.00 bits per heavy atom. The topological polar surface area (TPSA) is 154 Å². The summed E-state index contributed by atoms with van der Waals surface area (Å²) in [6.07, 6.45) is 13.8. The van der Waals surface area contributed by atoms with Gasteiger partial charge in [0.2, 0.25) is 0 Å². The average Bonchev–Trinajstić information content (AvgIpc) is 3.09. The fraction of sp³-hybridized carbons (Fsp3) is 0.840. The van der Waals surface area contributed by atoms with E-state index in [1.807, 2.05) is 0 Å². The van der Waals surface area contributed by atoms with Crippen LogP contribution in [-0.4, -0.2) is 54.5 Å². The second-order valence-corrected chi connectivity index (χ2v) is 12.6. The van der Waals surface area contributed by atoms with Crippen molar-refractivity contribution in [3.05, 3.63) is 33.1 Å². The lowest BCUT2D eigenvalue weighted by molar-refractivity contribution is -0.156. The van der Waals surface area contributed by atoms with Crippen LogP contribution in [0.1, 0.15) is 103 Å². The molecule has 1 fully saturated rings. The Balaban J connectivity index is 1.88. The molecule has 1 aliphatic rings. The van der Waals surface area contributed by atoms with Gasteiger partial charge in [-0.15, -0.1) is 0 Å². The minimum absolute atomic E-state index is 0.189. The van der Waals surface area contributed by atoms with Crippen LogP contribution in [0.25, 0.3) is 0 Å². The molecule has 12 heteroatoms. The first kappa shape index (κ1) is 32.3. The molecule has 4 atom stereocenters. The first-order valence-corrected chi connectivity index (χ1v) is 16.3. The van der Waals surface area contributed by atoms with Crippen molar-refractivity contribution >= 4 is 18.5 Å². The molecule has 2 heterocycles. The molecular formula is C25H45N2O8PS. The van der Waals surface area contributed by atoms with E-state index in [9.17, 15) is 29.6 Å². The summed E-state index contributed by atoms with van der Waals surface area (Å²) in [5.74, 6) is 0. The predicted octanol–water partition coefficient (Wildman–Crippen LogP) is 3.41. The number of aliphatic hydroxyl groups excluding tert-OH is 2. The number of nitrogens with zero attached hydrogens (tertiary/aromatic N) is 1. The lowest BCUT2D eigenvalue weighted by Crippen LogP contribution is -2.51. The highest BCUT2D eigenvalue weighted by atomic mass is 32.5. The van der Waals surface area contributed by atoms with E-state index in [1.54, 1.807) is 0 Å². The van der Waals surface area contributed by atoms with E-state index in [4.69, 9.17) is 9.26 Å². The van der Waals surface area contributed by atoms with Gasteiger partial charge in [0, 0.05) is 12.3 Å². The number of unbranched alkanes of at least 4 members (excludes halogenated alkanes) is 13. The minimum Gasteiger partial charge on any atom is -0.394 e. The molecule has 0 radical (unpaired) electrons. The molecule has 1 saturated heterocycles. The Kier molecular flexibility index (Phi) is 14.2. The highest BCUT2D eigenvalue weighted by Gasteiger charge is 2.57. The molecule has 1 aromatic heterocycles. The van der Waals surface area contributed by atoms with Gasteiger partial charge in [-0.25, -0.2) is 4.79 Å². The maximum atomic E-state index is 12.6. The van der Waals surface area contributed by atoms with Crippen LogP contribution in [0.4, 0.5) is 0 Å². The molecule has 214 valence electrons. The number of aromatic amines is 1. The Morgan fingerprint density at radius 3 is 1.97 bits per heavy atom. The largest absolute Gasteiger partial charge is 0.394 e. The van der Waals surface area contributed by atoms with Gasteiger partial charge in [-0.1, -0.05) is 90.4 Å². The van der Waals surface area contributed by atoms with E-state index in [0.717, 1.165) is 29.9 Å². The third kappa shape index (κ3) is 10.3. The zero-order chi connectivity index (χ0) is 27.3. The summed E-state index contributed by atoms with van der Waals surface area (Å²) in [7, 11) is 0. The quantitative estimate of drug-likeness (QED) is 0.126. The summed E-state index contributed by atoms with van der Waals surface area (Å²) >= 11 is 4.55. The molecule has 10 nitrogen and oxygen atoms in total. The predicted molar refractivity (Wildman–Crippen MR) is 146 cm³/mol. The summed E-state index contributed by atoms with van der Waals surface area (Å²) in [5.41, 5.74) is -3.06. The van der Waals surface area contributed by atoms with E-state index >= 15 is 0 Å². The number of nitrogens with one attached hydrogen (secondary N) is 1. The van der Waals surface area contributed by atoms with Crippen LogP contribution in [0, 0.1) is 0 Å². The van der Waals surface area contributed by atoms with Gasteiger partial charge >= 0.3 is 12.4 Å². The van der Waals surface area contributed by atoms with Gasteiger partial charge in [-0.3, -0.25) is 18.9 Å². The SMILES string of the molecule is CCCCCCCCCCCCCCCC[C@@]1(n2ccc(=O)[nH]c2=O)O[C@H](CO)[C@@H](OP(O)(O)=S)[C@H]1O. The Morgan fingerprint density at radius 2 is 1.51 bits per heavy atom. The molecule has 0 saturated carbocycles. The van der Waals surface area contributed by atoms with Gasteiger partial charge in [0.15, 0.2) is 5.72 Å². The molecule has 0 amide bonds. The number of aromatic nitrogens is 2. The summed E-state index contributed by atoms with van der Waals surface area (Å²) in [6.45, 7) is -2.56. The van der Waals surface area contributed by atoms with E-state index in [0.29, 0.717) is 6.42 Å². The molecule has 1 aliphatic heterocycles. The Bertz CT molecular complexity index is 951. The van der Waals surface area contributed by atoms with Crippen molar-refractivity contribution in [1.29, 1.82) is 0 Å².